The number of rotatable bonds is 6. The maximum atomic E-state index is 12.2. The second kappa shape index (κ2) is 8.62. The summed E-state index contributed by atoms with van der Waals surface area (Å²) in [7, 11) is 0. The molecule has 2 aliphatic rings. The lowest BCUT2D eigenvalue weighted by molar-refractivity contribution is -0.134. The standard InChI is InChI=1S/C20H25N5O3/c26-19-5-4-18(17-3-1-6-21-11-17)22-25(19)14-16-12-23(13-16)8-9-24-7-2-10-28-15-20(24)27/h1,3-6,11,16H,2,7-10,12-15H2. The summed E-state index contributed by atoms with van der Waals surface area (Å²) >= 11 is 0. The molecule has 2 aromatic rings. The summed E-state index contributed by atoms with van der Waals surface area (Å²) in [5, 5.41) is 4.51. The molecule has 2 aliphatic heterocycles. The second-order valence-corrected chi connectivity index (χ2v) is 7.39. The van der Waals surface area contributed by atoms with Gasteiger partial charge in [-0.05, 0) is 24.6 Å². The van der Waals surface area contributed by atoms with E-state index in [2.05, 4.69) is 15.0 Å². The minimum atomic E-state index is -0.0822. The van der Waals surface area contributed by atoms with Crippen molar-refractivity contribution >= 4 is 5.91 Å². The van der Waals surface area contributed by atoms with E-state index in [4.69, 9.17) is 4.74 Å². The molecule has 2 saturated heterocycles. The van der Waals surface area contributed by atoms with E-state index in [1.807, 2.05) is 17.0 Å². The summed E-state index contributed by atoms with van der Waals surface area (Å²) in [4.78, 5) is 32.5. The summed E-state index contributed by atoms with van der Waals surface area (Å²) in [6.45, 7) is 5.69. The highest BCUT2D eigenvalue weighted by atomic mass is 16.5. The van der Waals surface area contributed by atoms with Crippen molar-refractivity contribution in [2.75, 3.05) is 45.9 Å². The number of hydrogen-bond acceptors (Lipinski definition) is 6. The largest absolute Gasteiger partial charge is 0.372 e. The van der Waals surface area contributed by atoms with Gasteiger partial charge in [-0.15, -0.1) is 0 Å². The summed E-state index contributed by atoms with van der Waals surface area (Å²) in [6.07, 6.45) is 4.36. The fraction of sp³-hybridized carbons (Fsp3) is 0.500. The van der Waals surface area contributed by atoms with Crippen molar-refractivity contribution in [3.63, 3.8) is 0 Å². The van der Waals surface area contributed by atoms with Crippen LogP contribution in [0.4, 0.5) is 0 Å². The van der Waals surface area contributed by atoms with Crippen molar-refractivity contribution < 1.29 is 9.53 Å². The Bertz CT molecular complexity index is 864. The minimum absolute atomic E-state index is 0.0811. The fourth-order valence-electron chi connectivity index (χ4n) is 3.70. The SMILES string of the molecule is O=C1COCCCN1CCN1CC(Cn2nc(-c3cccnc3)ccc2=O)C1. The van der Waals surface area contributed by atoms with Crippen molar-refractivity contribution in [1.82, 2.24) is 24.6 Å². The molecule has 2 aromatic heterocycles. The zero-order valence-electron chi connectivity index (χ0n) is 15.9. The van der Waals surface area contributed by atoms with Crippen molar-refractivity contribution in [3.05, 3.63) is 47.0 Å². The van der Waals surface area contributed by atoms with E-state index >= 15 is 0 Å². The molecule has 0 aliphatic carbocycles. The third-order valence-electron chi connectivity index (χ3n) is 5.27. The molecule has 28 heavy (non-hydrogen) atoms. The first-order chi connectivity index (χ1) is 13.7. The number of pyridine rings is 1. The van der Waals surface area contributed by atoms with E-state index < -0.39 is 0 Å². The number of aromatic nitrogens is 3. The maximum Gasteiger partial charge on any atom is 0.266 e. The molecular weight excluding hydrogens is 358 g/mol. The molecular formula is C20H25N5O3. The van der Waals surface area contributed by atoms with Crippen LogP contribution < -0.4 is 5.56 Å². The van der Waals surface area contributed by atoms with Gasteiger partial charge in [0.2, 0.25) is 5.91 Å². The Labute approximate surface area is 163 Å². The van der Waals surface area contributed by atoms with Crippen LogP contribution in [0.25, 0.3) is 11.3 Å². The quantitative estimate of drug-likeness (QED) is 0.722. The molecule has 4 rings (SSSR count). The van der Waals surface area contributed by atoms with E-state index in [0.717, 1.165) is 50.4 Å². The van der Waals surface area contributed by atoms with E-state index in [9.17, 15) is 9.59 Å². The number of likely N-dealkylation sites (tertiary alicyclic amines) is 1. The van der Waals surface area contributed by atoms with Gasteiger partial charge in [-0.25, -0.2) is 4.68 Å². The number of hydrogen-bond donors (Lipinski definition) is 0. The molecule has 0 N–H and O–H groups in total. The van der Waals surface area contributed by atoms with E-state index in [-0.39, 0.29) is 18.1 Å². The summed E-state index contributed by atoms with van der Waals surface area (Å²) < 4.78 is 6.83. The first kappa shape index (κ1) is 18.8. The molecule has 2 fully saturated rings. The van der Waals surface area contributed by atoms with E-state index in [1.54, 1.807) is 29.2 Å². The number of carbonyl (C=O) groups is 1. The zero-order valence-corrected chi connectivity index (χ0v) is 15.9. The monoisotopic (exact) mass is 383 g/mol. The Morgan fingerprint density at radius 2 is 2.04 bits per heavy atom. The van der Waals surface area contributed by atoms with Crippen LogP contribution in [0.2, 0.25) is 0 Å². The predicted molar refractivity (Wildman–Crippen MR) is 104 cm³/mol. The molecule has 8 nitrogen and oxygen atoms in total. The second-order valence-electron chi connectivity index (χ2n) is 7.39. The van der Waals surface area contributed by atoms with Crippen LogP contribution >= 0.6 is 0 Å². The molecule has 1 amide bonds. The summed E-state index contributed by atoms with van der Waals surface area (Å²) in [5.74, 6) is 0.482. The van der Waals surface area contributed by atoms with Crippen LogP contribution in [0.15, 0.2) is 41.5 Å². The van der Waals surface area contributed by atoms with E-state index in [0.29, 0.717) is 19.1 Å². The van der Waals surface area contributed by atoms with Gasteiger partial charge in [0.15, 0.2) is 0 Å². The van der Waals surface area contributed by atoms with Crippen molar-refractivity contribution in [2.45, 2.75) is 13.0 Å². The summed E-state index contributed by atoms with van der Waals surface area (Å²) in [6, 6.07) is 7.10. The molecule has 0 bridgehead atoms. The first-order valence-corrected chi connectivity index (χ1v) is 9.75. The smallest absolute Gasteiger partial charge is 0.266 e. The Morgan fingerprint density at radius 3 is 2.86 bits per heavy atom. The average molecular weight is 383 g/mol. The minimum Gasteiger partial charge on any atom is -0.372 e. The zero-order chi connectivity index (χ0) is 19.3. The van der Waals surface area contributed by atoms with Crippen LogP contribution in [-0.2, 0) is 16.1 Å². The van der Waals surface area contributed by atoms with Gasteiger partial charge in [-0.2, -0.15) is 5.10 Å². The number of nitrogens with zero attached hydrogens (tertiary/aromatic N) is 5. The molecule has 0 aromatic carbocycles. The topological polar surface area (TPSA) is 80.6 Å². The first-order valence-electron chi connectivity index (χ1n) is 9.75. The molecule has 148 valence electrons. The molecule has 0 radical (unpaired) electrons. The van der Waals surface area contributed by atoms with Gasteiger partial charge in [0.05, 0.1) is 12.2 Å². The summed E-state index contributed by atoms with van der Waals surface area (Å²) in [5.41, 5.74) is 1.57. The van der Waals surface area contributed by atoms with Crippen LogP contribution in [0.5, 0.6) is 0 Å². The molecule has 0 unspecified atom stereocenters. The molecule has 8 heteroatoms. The predicted octanol–water partition coefficient (Wildman–Crippen LogP) is 0.486. The van der Waals surface area contributed by atoms with E-state index in [1.165, 1.54) is 0 Å². The van der Waals surface area contributed by atoms with Crippen molar-refractivity contribution in [2.24, 2.45) is 5.92 Å². The van der Waals surface area contributed by atoms with Crippen LogP contribution in [0.3, 0.4) is 0 Å². The number of amides is 1. The highest BCUT2D eigenvalue weighted by Gasteiger charge is 2.28. The molecule has 0 atom stereocenters. The lowest BCUT2D eigenvalue weighted by Crippen LogP contribution is -2.52. The maximum absolute atomic E-state index is 12.2. The highest BCUT2D eigenvalue weighted by molar-refractivity contribution is 5.77. The van der Waals surface area contributed by atoms with Gasteiger partial charge >= 0.3 is 0 Å². The van der Waals surface area contributed by atoms with Gasteiger partial charge in [-0.1, -0.05) is 0 Å². The van der Waals surface area contributed by atoms with Gasteiger partial charge in [-0.3, -0.25) is 14.6 Å². The normalized spacial score (nSPS) is 18.7. The Morgan fingerprint density at radius 1 is 1.14 bits per heavy atom. The molecule has 4 heterocycles. The van der Waals surface area contributed by atoms with Crippen molar-refractivity contribution in [3.8, 4) is 11.3 Å². The van der Waals surface area contributed by atoms with Crippen LogP contribution in [0.1, 0.15) is 6.42 Å². The Kier molecular flexibility index (Phi) is 5.78. The average Bonchev–Trinajstić information content (AvgIpc) is 2.89. The highest BCUT2D eigenvalue weighted by Crippen LogP contribution is 2.18. The lowest BCUT2D eigenvalue weighted by atomic mass is 10.0. The van der Waals surface area contributed by atoms with Gasteiger partial charge in [0.1, 0.15) is 6.61 Å². The Balaban J connectivity index is 1.29. The third-order valence-corrected chi connectivity index (χ3v) is 5.27. The third kappa shape index (κ3) is 4.45. The fourth-order valence-corrected chi connectivity index (χ4v) is 3.70. The Hall–Kier alpha value is -2.58. The van der Waals surface area contributed by atoms with Gasteiger partial charge in [0, 0.05) is 69.3 Å². The number of carbonyl (C=O) groups excluding carboxylic acids is 1. The lowest BCUT2D eigenvalue weighted by Gasteiger charge is -2.40. The van der Waals surface area contributed by atoms with Gasteiger partial charge < -0.3 is 14.5 Å². The molecule has 0 spiro atoms. The van der Waals surface area contributed by atoms with Crippen molar-refractivity contribution in [1.29, 1.82) is 0 Å². The van der Waals surface area contributed by atoms with Crippen LogP contribution in [-0.4, -0.2) is 76.4 Å². The van der Waals surface area contributed by atoms with Gasteiger partial charge in [0.25, 0.3) is 5.56 Å². The number of ether oxygens (including phenoxy) is 1. The van der Waals surface area contributed by atoms with Crippen LogP contribution in [0, 0.1) is 5.92 Å². The molecule has 0 saturated carbocycles.